The van der Waals surface area contributed by atoms with E-state index in [1.165, 1.54) is 32.1 Å². The van der Waals surface area contributed by atoms with Crippen LogP contribution in [-0.2, 0) is 0 Å². The molecule has 0 unspecified atom stereocenters. The second kappa shape index (κ2) is 3.65. The summed E-state index contributed by atoms with van der Waals surface area (Å²) in [4.78, 5) is 0. The van der Waals surface area contributed by atoms with E-state index in [0.29, 0.717) is 5.76 Å². The van der Waals surface area contributed by atoms with Gasteiger partial charge in [0.25, 0.3) is 0 Å². The SMILES string of the molecule is C=C(O)CC1CCCCC1. The number of allylic oxidation sites excluding steroid dienone is 1. The molecule has 0 aromatic carbocycles. The van der Waals surface area contributed by atoms with Crippen LogP contribution >= 0.6 is 0 Å². The molecular formula is C9H16O. The van der Waals surface area contributed by atoms with E-state index in [9.17, 15) is 0 Å². The van der Waals surface area contributed by atoms with E-state index in [-0.39, 0.29) is 0 Å². The van der Waals surface area contributed by atoms with Crippen molar-refractivity contribution in [1.29, 1.82) is 0 Å². The van der Waals surface area contributed by atoms with Crippen molar-refractivity contribution in [3.8, 4) is 0 Å². The van der Waals surface area contributed by atoms with Crippen LogP contribution in [-0.4, -0.2) is 5.11 Å². The molecule has 0 bridgehead atoms. The van der Waals surface area contributed by atoms with Crippen molar-refractivity contribution in [3.63, 3.8) is 0 Å². The second-order valence-electron chi connectivity index (χ2n) is 3.27. The highest BCUT2D eigenvalue weighted by Gasteiger charge is 2.13. The number of hydrogen-bond acceptors (Lipinski definition) is 1. The molecule has 1 fully saturated rings. The lowest BCUT2D eigenvalue weighted by Crippen LogP contribution is -2.06. The molecule has 0 aliphatic heterocycles. The van der Waals surface area contributed by atoms with Crippen LogP contribution in [0, 0.1) is 5.92 Å². The molecule has 10 heavy (non-hydrogen) atoms. The molecule has 0 spiro atoms. The number of aliphatic hydroxyl groups excluding tert-OH is 1. The number of hydrogen-bond donors (Lipinski definition) is 1. The fraction of sp³-hybridized carbons (Fsp3) is 0.778. The highest BCUT2D eigenvalue weighted by atomic mass is 16.3. The summed E-state index contributed by atoms with van der Waals surface area (Å²) in [5.41, 5.74) is 0. The normalized spacial score (nSPS) is 20.8. The fourth-order valence-corrected chi connectivity index (χ4v) is 1.72. The smallest absolute Gasteiger partial charge is 0.0853 e. The maximum atomic E-state index is 8.91. The molecule has 0 atom stereocenters. The average Bonchev–Trinajstić information content (AvgIpc) is 1.88. The lowest BCUT2D eigenvalue weighted by Gasteiger charge is -2.20. The minimum absolute atomic E-state index is 0.368. The molecule has 1 saturated carbocycles. The van der Waals surface area contributed by atoms with E-state index >= 15 is 0 Å². The Hall–Kier alpha value is -0.460. The highest BCUT2D eigenvalue weighted by molar-refractivity contribution is 4.83. The predicted octanol–water partition coefficient (Wildman–Crippen LogP) is 3.03. The van der Waals surface area contributed by atoms with Gasteiger partial charge < -0.3 is 5.11 Å². The molecule has 1 N–H and O–H groups in total. The van der Waals surface area contributed by atoms with Crippen LogP contribution in [0.25, 0.3) is 0 Å². The molecule has 0 aromatic rings. The number of aliphatic hydroxyl groups is 1. The van der Waals surface area contributed by atoms with Gasteiger partial charge in [0.1, 0.15) is 0 Å². The first-order valence-corrected chi connectivity index (χ1v) is 4.16. The zero-order valence-electron chi connectivity index (χ0n) is 6.47. The Morgan fingerprint density at radius 2 is 1.90 bits per heavy atom. The molecule has 1 nitrogen and oxygen atoms in total. The zero-order valence-corrected chi connectivity index (χ0v) is 6.47. The van der Waals surface area contributed by atoms with Crippen molar-refractivity contribution in [2.75, 3.05) is 0 Å². The van der Waals surface area contributed by atoms with Crippen LogP contribution < -0.4 is 0 Å². The van der Waals surface area contributed by atoms with Gasteiger partial charge in [-0.1, -0.05) is 38.7 Å². The Kier molecular flexibility index (Phi) is 2.79. The molecule has 1 aliphatic carbocycles. The standard InChI is InChI=1S/C9H16O/c1-8(10)7-9-5-3-2-4-6-9/h9-10H,1-7H2. The van der Waals surface area contributed by atoms with Crippen molar-refractivity contribution in [1.82, 2.24) is 0 Å². The Morgan fingerprint density at radius 3 is 2.40 bits per heavy atom. The van der Waals surface area contributed by atoms with Gasteiger partial charge in [0.15, 0.2) is 0 Å². The van der Waals surface area contributed by atoms with E-state index < -0.39 is 0 Å². The predicted molar refractivity (Wildman–Crippen MR) is 43.0 cm³/mol. The molecule has 0 saturated heterocycles. The second-order valence-corrected chi connectivity index (χ2v) is 3.27. The zero-order chi connectivity index (χ0) is 7.40. The molecule has 0 amide bonds. The maximum Gasteiger partial charge on any atom is 0.0853 e. The van der Waals surface area contributed by atoms with Gasteiger partial charge in [-0.3, -0.25) is 0 Å². The molecular weight excluding hydrogens is 124 g/mol. The molecule has 0 heterocycles. The van der Waals surface area contributed by atoms with E-state index in [1.807, 2.05) is 0 Å². The highest BCUT2D eigenvalue weighted by Crippen LogP contribution is 2.27. The Labute approximate surface area is 62.8 Å². The fourth-order valence-electron chi connectivity index (χ4n) is 1.72. The molecule has 1 heteroatoms. The van der Waals surface area contributed by atoms with Crippen LogP contribution in [0.2, 0.25) is 0 Å². The summed E-state index contributed by atoms with van der Waals surface area (Å²) in [6.07, 6.45) is 7.49. The lowest BCUT2D eigenvalue weighted by molar-refractivity contribution is 0.298. The first-order valence-electron chi connectivity index (χ1n) is 4.16. The van der Waals surface area contributed by atoms with Crippen molar-refractivity contribution >= 4 is 0 Å². The van der Waals surface area contributed by atoms with Crippen LogP contribution in [0.5, 0.6) is 0 Å². The average molecular weight is 140 g/mol. The van der Waals surface area contributed by atoms with Gasteiger partial charge in [0, 0.05) is 6.42 Å². The summed E-state index contributed by atoms with van der Waals surface area (Å²) in [6.45, 7) is 3.50. The first kappa shape index (κ1) is 7.64. The van der Waals surface area contributed by atoms with Crippen molar-refractivity contribution in [2.24, 2.45) is 5.92 Å². The minimum Gasteiger partial charge on any atom is -0.513 e. The largest absolute Gasteiger partial charge is 0.513 e. The van der Waals surface area contributed by atoms with Crippen LogP contribution in [0.15, 0.2) is 12.3 Å². The third-order valence-electron chi connectivity index (χ3n) is 2.25. The van der Waals surface area contributed by atoms with Gasteiger partial charge in [0.2, 0.25) is 0 Å². The van der Waals surface area contributed by atoms with Gasteiger partial charge in [-0.15, -0.1) is 0 Å². The van der Waals surface area contributed by atoms with E-state index in [4.69, 9.17) is 5.11 Å². The van der Waals surface area contributed by atoms with Crippen LogP contribution in [0.1, 0.15) is 38.5 Å². The summed E-state index contributed by atoms with van der Waals surface area (Å²) < 4.78 is 0. The third kappa shape index (κ3) is 2.42. The Morgan fingerprint density at radius 1 is 1.30 bits per heavy atom. The van der Waals surface area contributed by atoms with Gasteiger partial charge in [-0.2, -0.15) is 0 Å². The maximum absolute atomic E-state index is 8.91. The van der Waals surface area contributed by atoms with Crippen LogP contribution in [0.4, 0.5) is 0 Å². The molecule has 0 aromatic heterocycles. The summed E-state index contributed by atoms with van der Waals surface area (Å²) in [7, 11) is 0. The van der Waals surface area contributed by atoms with E-state index in [2.05, 4.69) is 6.58 Å². The monoisotopic (exact) mass is 140 g/mol. The third-order valence-corrected chi connectivity index (χ3v) is 2.25. The van der Waals surface area contributed by atoms with E-state index in [1.54, 1.807) is 0 Å². The van der Waals surface area contributed by atoms with Gasteiger partial charge in [-0.25, -0.2) is 0 Å². The van der Waals surface area contributed by atoms with Crippen molar-refractivity contribution in [2.45, 2.75) is 38.5 Å². The van der Waals surface area contributed by atoms with Gasteiger partial charge in [0.05, 0.1) is 5.76 Å². The van der Waals surface area contributed by atoms with E-state index in [0.717, 1.165) is 12.3 Å². The van der Waals surface area contributed by atoms with Crippen molar-refractivity contribution in [3.05, 3.63) is 12.3 Å². The summed E-state index contributed by atoms with van der Waals surface area (Å²) >= 11 is 0. The number of rotatable bonds is 2. The molecule has 0 radical (unpaired) electrons. The Balaban J connectivity index is 2.19. The summed E-state index contributed by atoms with van der Waals surface area (Å²) in [5, 5.41) is 8.91. The Bertz CT molecular complexity index is 112. The quantitative estimate of drug-likeness (QED) is 0.584. The van der Waals surface area contributed by atoms with Crippen molar-refractivity contribution < 1.29 is 5.11 Å². The minimum atomic E-state index is 0.368. The summed E-state index contributed by atoms with van der Waals surface area (Å²) in [5.74, 6) is 1.10. The topological polar surface area (TPSA) is 20.2 Å². The van der Waals surface area contributed by atoms with Gasteiger partial charge >= 0.3 is 0 Å². The molecule has 1 aliphatic rings. The molecule has 58 valence electrons. The van der Waals surface area contributed by atoms with Gasteiger partial charge in [-0.05, 0) is 5.92 Å². The lowest BCUT2D eigenvalue weighted by atomic mass is 9.87. The molecule has 1 rings (SSSR count). The van der Waals surface area contributed by atoms with Crippen LogP contribution in [0.3, 0.4) is 0 Å². The summed E-state index contributed by atoms with van der Waals surface area (Å²) in [6, 6.07) is 0. The first-order chi connectivity index (χ1) is 4.79.